The zero-order chi connectivity index (χ0) is 27.9. The van der Waals surface area contributed by atoms with Crippen LogP contribution in [-0.2, 0) is 16.1 Å². The number of ether oxygens (including phenoxy) is 2. The molecule has 0 saturated carbocycles. The standard InChI is InChI=1S/C32H38N4O3/c1-20-14-21(2)25(15-22(20)19-35-10-12-39-13-11-35)29-26(18-33)31(34)36(23-6-8-24(38-5)9-7-23)27-16-32(3,4)17-28(37)30(27)29/h6-9,14-15,29H,10-13,16-17,19,34H2,1-5H3/t29-/m1/s1. The molecular weight excluding hydrogens is 488 g/mol. The Kier molecular flexibility index (Phi) is 7.28. The van der Waals surface area contributed by atoms with Crippen molar-refractivity contribution in [3.05, 3.63) is 81.3 Å². The third-order valence-corrected chi connectivity index (χ3v) is 8.24. The molecule has 39 heavy (non-hydrogen) atoms. The number of nitrogens with zero attached hydrogens (tertiary/aromatic N) is 3. The van der Waals surface area contributed by atoms with Crippen LogP contribution in [0.25, 0.3) is 0 Å². The van der Waals surface area contributed by atoms with E-state index in [4.69, 9.17) is 15.2 Å². The van der Waals surface area contributed by atoms with Gasteiger partial charge in [0.25, 0.3) is 0 Å². The van der Waals surface area contributed by atoms with Crippen molar-refractivity contribution < 1.29 is 14.3 Å². The Hall–Kier alpha value is -3.60. The maximum atomic E-state index is 14.0. The lowest BCUT2D eigenvalue weighted by atomic mass is 9.68. The minimum atomic E-state index is -0.493. The number of carbonyl (C=O) groups excluding carboxylic acids is 1. The van der Waals surface area contributed by atoms with Crippen LogP contribution in [0.3, 0.4) is 0 Å². The summed E-state index contributed by atoms with van der Waals surface area (Å²) in [4.78, 5) is 18.3. The number of nitriles is 1. The third-order valence-electron chi connectivity index (χ3n) is 8.24. The van der Waals surface area contributed by atoms with Gasteiger partial charge in [-0.05, 0) is 72.2 Å². The third kappa shape index (κ3) is 5.07. The van der Waals surface area contributed by atoms with E-state index in [2.05, 4.69) is 50.8 Å². The van der Waals surface area contributed by atoms with E-state index < -0.39 is 5.92 Å². The van der Waals surface area contributed by atoms with Gasteiger partial charge in [0.1, 0.15) is 11.6 Å². The SMILES string of the molecule is COc1ccc(N2C(N)=C(C#N)[C@@H](c3cc(CN4CCOCC4)c(C)cc3C)C3=C2CC(C)(C)CC3=O)cc1. The Labute approximate surface area is 231 Å². The van der Waals surface area contributed by atoms with Gasteiger partial charge in [0, 0.05) is 43.0 Å². The molecule has 0 amide bonds. The van der Waals surface area contributed by atoms with Gasteiger partial charge in [0.15, 0.2) is 5.78 Å². The summed E-state index contributed by atoms with van der Waals surface area (Å²) in [5.41, 5.74) is 13.9. The summed E-state index contributed by atoms with van der Waals surface area (Å²) in [5, 5.41) is 10.5. The molecule has 5 rings (SSSR count). The summed E-state index contributed by atoms with van der Waals surface area (Å²) in [6.07, 6.45) is 1.12. The number of Topliss-reactive ketones (excluding diaryl/α,β-unsaturated/α-hetero) is 1. The van der Waals surface area contributed by atoms with Crippen LogP contribution in [0, 0.1) is 30.6 Å². The quantitative estimate of drug-likeness (QED) is 0.581. The van der Waals surface area contributed by atoms with Crippen LogP contribution in [0.5, 0.6) is 5.75 Å². The van der Waals surface area contributed by atoms with E-state index in [-0.39, 0.29) is 11.2 Å². The van der Waals surface area contributed by atoms with Gasteiger partial charge in [0.05, 0.1) is 37.9 Å². The molecule has 204 valence electrons. The molecule has 1 fully saturated rings. The van der Waals surface area contributed by atoms with Crippen molar-refractivity contribution in [1.82, 2.24) is 4.90 Å². The molecule has 2 aliphatic heterocycles. The molecule has 0 unspecified atom stereocenters. The van der Waals surface area contributed by atoms with Crippen LogP contribution in [0.1, 0.15) is 54.9 Å². The van der Waals surface area contributed by atoms with Crippen molar-refractivity contribution in [2.24, 2.45) is 11.1 Å². The van der Waals surface area contributed by atoms with E-state index in [0.717, 1.165) is 61.1 Å². The van der Waals surface area contributed by atoms with E-state index in [1.165, 1.54) is 11.1 Å². The van der Waals surface area contributed by atoms with Gasteiger partial charge >= 0.3 is 0 Å². The Balaban J connectivity index is 1.68. The summed E-state index contributed by atoms with van der Waals surface area (Å²) in [7, 11) is 1.63. The van der Waals surface area contributed by atoms with Crippen molar-refractivity contribution in [1.29, 1.82) is 5.26 Å². The molecule has 2 aromatic rings. The Morgan fingerprint density at radius 2 is 1.79 bits per heavy atom. The molecule has 0 bridgehead atoms. The fourth-order valence-electron chi connectivity index (χ4n) is 6.24. The highest BCUT2D eigenvalue weighted by molar-refractivity contribution is 6.01. The minimum Gasteiger partial charge on any atom is -0.497 e. The number of hydrogen-bond acceptors (Lipinski definition) is 7. The molecule has 7 heteroatoms. The first-order valence-electron chi connectivity index (χ1n) is 13.6. The van der Waals surface area contributed by atoms with Gasteiger partial charge in [0.2, 0.25) is 0 Å². The first-order chi connectivity index (χ1) is 18.6. The first kappa shape index (κ1) is 27.0. The maximum absolute atomic E-state index is 14.0. The second kappa shape index (κ2) is 10.5. The van der Waals surface area contributed by atoms with Gasteiger partial charge in [-0.1, -0.05) is 26.0 Å². The highest BCUT2D eigenvalue weighted by atomic mass is 16.5. The average Bonchev–Trinajstić information content (AvgIpc) is 2.90. The molecule has 1 aliphatic carbocycles. The van der Waals surface area contributed by atoms with Crippen LogP contribution < -0.4 is 15.4 Å². The van der Waals surface area contributed by atoms with E-state index in [0.29, 0.717) is 29.8 Å². The lowest BCUT2D eigenvalue weighted by Crippen LogP contribution is -2.42. The molecule has 2 aromatic carbocycles. The molecule has 2 heterocycles. The summed E-state index contributed by atoms with van der Waals surface area (Å²) in [5.74, 6) is 0.701. The molecule has 3 aliphatic rings. The fraction of sp³-hybridized carbons (Fsp3) is 0.438. The van der Waals surface area contributed by atoms with Gasteiger partial charge in [-0.3, -0.25) is 14.6 Å². The van der Waals surface area contributed by atoms with E-state index in [1.807, 2.05) is 29.2 Å². The van der Waals surface area contributed by atoms with E-state index in [1.54, 1.807) is 7.11 Å². The highest BCUT2D eigenvalue weighted by Crippen LogP contribution is 2.51. The number of hydrogen-bond donors (Lipinski definition) is 1. The lowest BCUT2D eigenvalue weighted by Gasteiger charge is -2.44. The molecule has 2 N–H and O–H groups in total. The second-order valence-corrected chi connectivity index (χ2v) is 11.7. The number of carbonyl (C=O) groups is 1. The molecule has 0 spiro atoms. The maximum Gasteiger partial charge on any atom is 0.162 e. The van der Waals surface area contributed by atoms with Crippen molar-refractivity contribution in [3.63, 3.8) is 0 Å². The predicted molar refractivity (Wildman–Crippen MR) is 152 cm³/mol. The summed E-state index contributed by atoms with van der Waals surface area (Å²) in [6.45, 7) is 12.5. The van der Waals surface area contributed by atoms with Gasteiger partial charge in [-0.15, -0.1) is 0 Å². The highest BCUT2D eigenvalue weighted by Gasteiger charge is 2.45. The van der Waals surface area contributed by atoms with Crippen LogP contribution >= 0.6 is 0 Å². The number of allylic oxidation sites excluding steroid dienone is 3. The van der Waals surface area contributed by atoms with Crippen molar-refractivity contribution in [2.45, 2.75) is 53.0 Å². The molecule has 1 saturated heterocycles. The van der Waals surface area contributed by atoms with Crippen LogP contribution in [-0.4, -0.2) is 44.1 Å². The van der Waals surface area contributed by atoms with Crippen molar-refractivity contribution in [3.8, 4) is 11.8 Å². The number of morpholine rings is 1. The average molecular weight is 527 g/mol. The summed E-state index contributed by atoms with van der Waals surface area (Å²) >= 11 is 0. The smallest absolute Gasteiger partial charge is 0.162 e. The Morgan fingerprint density at radius 3 is 2.44 bits per heavy atom. The monoisotopic (exact) mass is 526 g/mol. The topological polar surface area (TPSA) is 91.8 Å². The number of methoxy groups -OCH3 is 1. The van der Waals surface area contributed by atoms with Gasteiger partial charge < -0.3 is 15.2 Å². The number of ketones is 1. The fourth-order valence-corrected chi connectivity index (χ4v) is 6.24. The summed E-state index contributed by atoms with van der Waals surface area (Å²) in [6, 6.07) is 14.4. The Bertz CT molecular complexity index is 1390. The predicted octanol–water partition coefficient (Wildman–Crippen LogP) is 5.09. The molecule has 1 atom stereocenters. The number of aryl methyl sites for hydroxylation is 2. The van der Waals surface area contributed by atoms with Crippen molar-refractivity contribution >= 4 is 11.5 Å². The second-order valence-electron chi connectivity index (χ2n) is 11.7. The van der Waals surface area contributed by atoms with Gasteiger partial charge in [-0.25, -0.2) is 0 Å². The van der Waals surface area contributed by atoms with Crippen LogP contribution in [0.2, 0.25) is 0 Å². The lowest BCUT2D eigenvalue weighted by molar-refractivity contribution is -0.118. The van der Waals surface area contributed by atoms with E-state index >= 15 is 0 Å². The molecule has 0 radical (unpaired) electrons. The number of anilines is 1. The van der Waals surface area contributed by atoms with E-state index in [9.17, 15) is 10.1 Å². The molecule has 7 nitrogen and oxygen atoms in total. The van der Waals surface area contributed by atoms with Crippen LogP contribution in [0.4, 0.5) is 5.69 Å². The molecule has 0 aromatic heterocycles. The minimum absolute atomic E-state index is 0.0831. The Morgan fingerprint density at radius 1 is 1.10 bits per heavy atom. The first-order valence-corrected chi connectivity index (χ1v) is 13.6. The number of rotatable bonds is 5. The van der Waals surface area contributed by atoms with Crippen LogP contribution in [0.15, 0.2) is 59.1 Å². The zero-order valence-corrected chi connectivity index (χ0v) is 23.6. The zero-order valence-electron chi connectivity index (χ0n) is 23.6. The normalized spacial score (nSPS) is 21.6. The van der Waals surface area contributed by atoms with Crippen molar-refractivity contribution in [2.75, 3.05) is 38.3 Å². The molecular formula is C32H38N4O3. The number of benzene rings is 2. The van der Waals surface area contributed by atoms with Gasteiger partial charge in [-0.2, -0.15) is 5.26 Å². The summed E-state index contributed by atoms with van der Waals surface area (Å²) < 4.78 is 10.9. The largest absolute Gasteiger partial charge is 0.497 e. The number of nitrogens with two attached hydrogens (primary N) is 1.